The number of alkyl halides is 3. The van der Waals surface area contributed by atoms with Gasteiger partial charge >= 0.3 is 6.18 Å². The van der Waals surface area contributed by atoms with Crippen LogP contribution in [-0.2, 0) is 4.79 Å². The number of halogens is 3. The third-order valence-corrected chi connectivity index (χ3v) is 2.98. The van der Waals surface area contributed by atoms with Gasteiger partial charge in [-0.25, -0.2) is 0 Å². The number of rotatable bonds is 5. The van der Waals surface area contributed by atoms with Crippen LogP contribution >= 0.6 is 0 Å². The highest BCUT2D eigenvalue weighted by atomic mass is 19.4. The lowest BCUT2D eigenvalue weighted by atomic mass is 10.1. The molecule has 0 unspecified atom stereocenters. The molecule has 0 radical (unpaired) electrons. The van der Waals surface area contributed by atoms with E-state index >= 15 is 0 Å². The summed E-state index contributed by atoms with van der Waals surface area (Å²) in [4.78, 5) is 23.0. The Hall–Kier alpha value is -2.31. The Balaban J connectivity index is 1.86. The van der Waals surface area contributed by atoms with Crippen molar-refractivity contribution < 1.29 is 22.8 Å². The number of hydrogen-bond acceptors (Lipinski definition) is 2. The van der Waals surface area contributed by atoms with Crippen LogP contribution in [0.4, 0.5) is 13.2 Å². The van der Waals surface area contributed by atoms with E-state index in [1.165, 1.54) is 6.08 Å². The molecule has 0 atom stereocenters. The summed E-state index contributed by atoms with van der Waals surface area (Å²) in [5.74, 6) is -0.978. The SMILES string of the molecule is O=C(/C=C/c1ccc(C(=O)NC2CC2)cc1)NCC(F)(F)F. The minimum atomic E-state index is -4.43. The fourth-order valence-electron chi connectivity index (χ4n) is 1.66. The number of benzene rings is 1. The van der Waals surface area contributed by atoms with Crippen molar-refractivity contribution in [3.8, 4) is 0 Å². The first-order valence-corrected chi connectivity index (χ1v) is 6.77. The van der Waals surface area contributed by atoms with Crippen LogP contribution in [0.3, 0.4) is 0 Å². The molecule has 4 nitrogen and oxygen atoms in total. The van der Waals surface area contributed by atoms with Gasteiger partial charge in [0.2, 0.25) is 5.91 Å². The van der Waals surface area contributed by atoms with Gasteiger partial charge in [0.25, 0.3) is 5.91 Å². The van der Waals surface area contributed by atoms with E-state index in [0.29, 0.717) is 11.1 Å². The molecule has 118 valence electrons. The first-order chi connectivity index (χ1) is 10.3. The lowest BCUT2D eigenvalue weighted by Gasteiger charge is -2.06. The second kappa shape index (κ2) is 6.64. The highest BCUT2D eigenvalue weighted by molar-refractivity contribution is 5.95. The van der Waals surface area contributed by atoms with Crippen molar-refractivity contribution >= 4 is 17.9 Å². The number of carbonyl (C=O) groups is 2. The minimum absolute atomic E-state index is 0.152. The molecule has 1 aliphatic carbocycles. The van der Waals surface area contributed by atoms with Gasteiger partial charge in [-0.05, 0) is 36.6 Å². The predicted molar refractivity (Wildman–Crippen MR) is 75.0 cm³/mol. The Bertz CT molecular complexity index is 575. The van der Waals surface area contributed by atoms with Crippen molar-refractivity contribution in [3.05, 3.63) is 41.5 Å². The largest absolute Gasteiger partial charge is 0.405 e. The molecule has 0 aliphatic heterocycles. The van der Waals surface area contributed by atoms with E-state index in [4.69, 9.17) is 0 Å². The van der Waals surface area contributed by atoms with Crippen LogP contribution < -0.4 is 10.6 Å². The molecule has 1 aromatic rings. The van der Waals surface area contributed by atoms with Gasteiger partial charge in [0.15, 0.2) is 0 Å². The molecule has 0 bridgehead atoms. The van der Waals surface area contributed by atoms with Crippen LogP contribution in [0, 0.1) is 0 Å². The molecule has 2 rings (SSSR count). The van der Waals surface area contributed by atoms with Gasteiger partial charge in [-0.3, -0.25) is 9.59 Å². The van der Waals surface area contributed by atoms with Gasteiger partial charge in [0.05, 0.1) is 0 Å². The molecule has 1 saturated carbocycles. The average Bonchev–Trinajstić information content (AvgIpc) is 3.26. The molecular formula is C15H15F3N2O2. The summed E-state index contributed by atoms with van der Waals surface area (Å²) < 4.78 is 35.8. The van der Waals surface area contributed by atoms with Gasteiger partial charge in [-0.1, -0.05) is 12.1 Å². The molecule has 2 N–H and O–H groups in total. The lowest BCUT2D eigenvalue weighted by Crippen LogP contribution is -2.32. The zero-order valence-electron chi connectivity index (χ0n) is 11.6. The second-order valence-corrected chi connectivity index (χ2v) is 5.04. The van der Waals surface area contributed by atoms with Crippen molar-refractivity contribution in [1.29, 1.82) is 0 Å². The first-order valence-electron chi connectivity index (χ1n) is 6.77. The van der Waals surface area contributed by atoms with E-state index in [1.807, 2.05) is 0 Å². The maximum absolute atomic E-state index is 11.9. The van der Waals surface area contributed by atoms with Crippen molar-refractivity contribution in [3.63, 3.8) is 0 Å². The van der Waals surface area contributed by atoms with E-state index < -0.39 is 18.6 Å². The zero-order valence-corrected chi connectivity index (χ0v) is 11.6. The van der Waals surface area contributed by atoms with Crippen LogP contribution in [0.15, 0.2) is 30.3 Å². The molecule has 1 fully saturated rings. The Morgan fingerprint density at radius 1 is 1.18 bits per heavy atom. The van der Waals surface area contributed by atoms with Gasteiger partial charge in [0.1, 0.15) is 6.54 Å². The van der Waals surface area contributed by atoms with Gasteiger partial charge in [0, 0.05) is 17.7 Å². The quantitative estimate of drug-likeness (QED) is 0.820. The monoisotopic (exact) mass is 312 g/mol. The topological polar surface area (TPSA) is 58.2 Å². The highest BCUT2D eigenvalue weighted by Gasteiger charge is 2.27. The van der Waals surface area contributed by atoms with Crippen LogP contribution in [-0.4, -0.2) is 30.6 Å². The summed E-state index contributed by atoms with van der Waals surface area (Å²) in [7, 11) is 0. The maximum Gasteiger partial charge on any atom is 0.405 e. The number of nitrogens with one attached hydrogen (secondary N) is 2. The summed E-state index contributed by atoms with van der Waals surface area (Å²) in [6, 6.07) is 6.71. The first kappa shape index (κ1) is 16.1. The van der Waals surface area contributed by atoms with E-state index in [2.05, 4.69) is 5.32 Å². The summed E-state index contributed by atoms with van der Waals surface area (Å²) in [6.07, 6.45) is -0.0292. The van der Waals surface area contributed by atoms with Gasteiger partial charge in [-0.15, -0.1) is 0 Å². The van der Waals surface area contributed by atoms with Crippen molar-refractivity contribution in [2.24, 2.45) is 0 Å². The van der Waals surface area contributed by atoms with Crippen LogP contribution in [0.1, 0.15) is 28.8 Å². The number of amides is 2. The van der Waals surface area contributed by atoms with Crippen molar-refractivity contribution in [1.82, 2.24) is 10.6 Å². The van der Waals surface area contributed by atoms with Gasteiger partial charge in [-0.2, -0.15) is 13.2 Å². The predicted octanol–water partition coefficient (Wildman–Crippen LogP) is 2.27. The highest BCUT2D eigenvalue weighted by Crippen LogP contribution is 2.19. The Morgan fingerprint density at radius 3 is 2.36 bits per heavy atom. The fraction of sp³-hybridized carbons (Fsp3) is 0.333. The van der Waals surface area contributed by atoms with E-state index in [-0.39, 0.29) is 11.9 Å². The van der Waals surface area contributed by atoms with Crippen molar-refractivity contribution in [2.45, 2.75) is 25.1 Å². The molecule has 0 saturated heterocycles. The summed E-state index contributed by atoms with van der Waals surface area (Å²) in [6.45, 7) is -1.36. The summed E-state index contributed by atoms with van der Waals surface area (Å²) in [5, 5.41) is 4.58. The standard InChI is InChI=1S/C15H15F3N2O2/c16-15(17,18)9-19-13(21)8-3-10-1-4-11(5-2-10)14(22)20-12-6-7-12/h1-5,8,12H,6-7,9H2,(H,19,21)(H,20,22)/b8-3+. The second-order valence-electron chi connectivity index (χ2n) is 5.04. The molecule has 1 aromatic carbocycles. The molecule has 0 heterocycles. The third-order valence-electron chi connectivity index (χ3n) is 2.98. The van der Waals surface area contributed by atoms with Crippen LogP contribution in [0.25, 0.3) is 6.08 Å². The summed E-state index contributed by atoms with van der Waals surface area (Å²) in [5.41, 5.74) is 1.12. The Morgan fingerprint density at radius 2 is 1.82 bits per heavy atom. The van der Waals surface area contributed by atoms with E-state index in [0.717, 1.165) is 18.9 Å². The van der Waals surface area contributed by atoms with Crippen molar-refractivity contribution in [2.75, 3.05) is 6.54 Å². The number of hydrogen-bond donors (Lipinski definition) is 2. The zero-order chi connectivity index (χ0) is 16.2. The van der Waals surface area contributed by atoms with Crippen LogP contribution in [0.2, 0.25) is 0 Å². The van der Waals surface area contributed by atoms with Crippen LogP contribution in [0.5, 0.6) is 0 Å². The van der Waals surface area contributed by atoms with Gasteiger partial charge < -0.3 is 10.6 Å². The average molecular weight is 312 g/mol. The molecule has 2 amide bonds. The van der Waals surface area contributed by atoms with E-state index in [9.17, 15) is 22.8 Å². The fourth-order valence-corrected chi connectivity index (χ4v) is 1.66. The third kappa shape index (κ3) is 5.59. The lowest BCUT2D eigenvalue weighted by molar-refractivity contribution is -0.135. The molecular weight excluding hydrogens is 297 g/mol. The molecule has 0 aromatic heterocycles. The minimum Gasteiger partial charge on any atom is -0.349 e. The molecule has 1 aliphatic rings. The molecule has 22 heavy (non-hydrogen) atoms. The Labute approximate surface area is 125 Å². The molecule has 0 spiro atoms. The maximum atomic E-state index is 11.9. The Kier molecular flexibility index (Phi) is 4.85. The summed E-state index contributed by atoms with van der Waals surface area (Å²) >= 11 is 0. The normalized spacial score (nSPS) is 14.9. The molecule has 7 heteroatoms. The smallest absolute Gasteiger partial charge is 0.349 e. The van der Waals surface area contributed by atoms with E-state index in [1.54, 1.807) is 29.6 Å². The number of carbonyl (C=O) groups excluding carboxylic acids is 2.